The summed E-state index contributed by atoms with van der Waals surface area (Å²) in [6.07, 6.45) is 0. The van der Waals surface area contributed by atoms with E-state index in [9.17, 15) is 32.9 Å². The highest BCUT2D eigenvalue weighted by molar-refractivity contribution is 6.24. The Morgan fingerprint density at radius 1 is 0.238 bits per heavy atom. The van der Waals surface area contributed by atoms with Crippen LogP contribution in [-0.4, -0.2) is 0 Å². The van der Waals surface area contributed by atoms with Gasteiger partial charge in [-0.05, 0) is 207 Å². The van der Waals surface area contributed by atoms with Gasteiger partial charge in [-0.25, -0.2) is 0 Å². The SMILES string of the molecule is [2H]c1c([2H])c([2H])c2c(c1[2H])-c1c([2H])c([2H])c(-c3c4c([2H])c([2H])c([2H])c([2H])c4c(-c4c([2H])c([2H])c(-c5c([2H])c([2H])c6oc7c([2H])c([2H])c8c([2H])c([2H])c([2H])c([2H])c8c7c6c5[2H])c([2H])c4[2H])c4c([2H])c([2H])c([2H])c([2H])c34)c([2H])c1C2(C)C([2H])([2H])[2H].[2H]c1cc(-c2c([2H])c([2H])c([2H])c([2H])c2[2H])c([2H])c([2H])c1-c1c2c([2H])c([2H])c([2H])c([2H])c2c(-c2c([2H])c([2H])c(-c3c([2H])c([2H])c4oc5c([2H])c([2H])c6c([2H])c([2H])c([2H])c([2H])c6c5c4c3[2H])c([2H])c2[2H])c2c([2H])c([2H])c([2H])c([2H])c12. The highest BCUT2D eigenvalue weighted by Gasteiger charge is 2.36. The van der Waals surface area contributed by atoms with E-state index >= 15 is 0 Å². The van der Waals surface area contributed by atoms with E-state index in [4.69, 9.17) is 58.2 Å². The summed E-state index contributed by atoms with van der Waals surface area (Å²) in [7, 11) is 0. The zero-order chi connectivity index (χ0) is 119. The Hall–Kier alpha value is -12.9. The maximum atomic E-state index is 9.97. The summed E-state index contributed by atoms with van der Waals surface area (Å²) in [5, 5.41) is -9.61. The zero-order valence-electron chi connectivity index (χ0n) is 111. The molecule has 1 aliphatic rings. The van der Waals surface area contributed by atoms with Crippen LogP contribution < -0.4 is 0 Å². The maximum absolute atomic E-state index is 9.97. The molecule has 0 aliphatic heterocycles. The Balaban J connectivity index is 0.000000192. The van der Waals surface area contributed by atoms with Gasteiger partial charge in [-0.1, -0.05) is 322 Å². The molecule has 20 aromatic rings. The average Bonchev–Trinajstić information content (AvgIpc) is 1.61. The van der Waals surface area contributed by atoms with Crippen molar-refractivity contribution in [3.63, 3.8) is 0 Å². The molecule has 101 heavy (non-hydrogen) atoms. The Kier molecular flexibility index (Phi) is 5.49. The molecule has 0 spiro atoms. The fourth-order valence-corrected chi connectivity index (χ4v) is 12.6. The van der Waals surface area contributed by atoms with E-state index in [-0.39, 0.29) is 10.8 Å². The average molecular weight is 1350 g/mol. The van der Waals surface area contributed by atoms with Crippen molar-refractivity contribution in [2.24, 2.45) is 0 Å². The highest BCUT2D eigenvalue weighted by atomic mass is 16.3. The summed E-state index contributed by atoms with van der Waals surface area (Å²) in [6.45, 7) is -2.30. The first kappa shape index (κ1) is 23.9. The van der Waals surface area contributed by atoms with Crippen molar-refractivity contribution < 1.29 is 91.1 Å². The van der Waals surface area contributed by atoms with Gasteiger partial charge in [0.2, 0.25) is 0 Å². The first-order valence-corrected chi connectivity index (χ1v) is 30.1. The summed E-state index contributed by atoms with van der Waals surface area (Å²) in [5.41, 5.74) is -18.0. The molecule has 2 nitrogen and oxygen atoms in total. The van der Waals surface area contributed by atoms with Crippen LogP contribution in [0.4, 0.5) is 0 Å². The second kappa shape index (κ2) is 23.1. The van der Waals surface area contributed by atoms with E-state index in [0.29, 0.717) is 0 Å². The molecule has 2 heteroatoms. The third-order valence-electron chi connectivity index (χ3n) is 17.1. The topological polar surface area (TPSA) is 26.3 Å². The quantitative estimate of drug-likeness (QED) is 0.149. The van der Waals surface area contributed by atoms with Crippen molar-refractivity contribution >= 4 is 109 Å². The van der Waals surface area contributed by atoms with Gasteiger partial charge in [0.15, 0.2) is 0 Å². The predicted molar refractivity (Wildman–Crippen MR) is 428 cm³/mol. The standard InChI is InChI=1S/C51H34O.C48H30O/c1-51(2)44-18-10-9-13-37(44)38-26-23-35(30-45(38)51)49-41-16-7-5-14-39(41)48(40-15-6-8-17-42(40)49)33-21-19-31(20-22-33)34-25-27-46-43(29-34)50-36-12-4-3-11-32(36)24-28-47(50)52-46;1-2-10-31(11-3-1)32-18-22-35(23-19-32)46-39-14-6-8-16-41(39)47(42-17-9-7-15-40(42)46)36-24-20-33(21-25-36)37-27-28-44-43(30-37)48-38-13-5-4-12-34(38)26-29-45(48)49-44/h3-30H,1-2H3;1-30H/i1D3,3D,4D,5D,6D,7D,8D,9D,10D,11D,12D,13D,14D,15D,16D,17D,18D,19D,20D,21D,22D,23D,24D,25D,26D,27D,28D,29D,30D;1D,2D,3D,4D,5D,6D,7D,8D,9D,10D,11D,12D,13D,14D,15D,16D,17D,18D,20D,21D,22D,23D,24D,25D,26D,27D,28D,29D,30D. The van der Waals surface area contributed by atoms with Gasteiger partial charge in [-0.2, -0.15) is 0 Å². The number of hydrogen-bond acceptors (Lipinski definition) is 2. The van der Waals surface area contributed by atoms with Gasteiger partial charge >= 0.3 is 0 Å². The number of benzene rings is 18. The second-order valence-electron chi connectivity index (χ2n) is 22.7. The number of rotatable bonds is 7. The summed E-state index contributed by atoms with van der Waals surface area (Å²) in [5.74, 6) is 0. The van der Waals surface area contributed by atoms with E-state index in [1.165, 1.54) is 0 Å². The molecule has 1 unspecified atom stereocenters. The Bertz CT molecular complexity index is 10300. The first-order chi connectivity index (χ1) is 74.9. The molecular weight excluding hydrogens is 1220 g/mol. The van der Waals surface area contributed by atoms with Crippen LogP contribution >= 0.6 is 0 Å². The van der Waals surface area contributed by atoms with Crippen LogP contribution in [0.1, 0.15) is 107 Å². The second-order valence-corrected chi connectivity index (χ2v) is 22.7. The van der Waals surface area contributed by atoms with E-state index in [1.807, 2.05) is 0 Å². The minimum atomic E-state index is -3.33. The lowest BCUT2D eigenvalue weighted by molar-refractivity contribution is 0.660. The van der Waals surface area contributed by atoms with E-state index in [2.05, 4.69) is 0 Å². The van der Waals surface area contributed by atoms with Gasteiger partial charge in [0.1, 0.15) is 22.3 Å². The Morgan fingerprint density at radius 3 is 1.04 bits per heavy atom. The third-order valence-corrected chi connectivity index (χ3v) is 17.1. The van der Waals surface area contributed by atoms with Crippen molar-refractivity contribution in [3.8, 4) is 89.0 Å². The molecule has 2 aromatic heterocycles. The smallest absolute Gasteiger partial charge is 0.136 e. The monoisotopic (exact) mass is 1340 g/mol. The van der Waals surface area contributed by atoms with Crippen molar-refractivity contribution in [2.45, 2.75) is 19.2 Å². The van der Waals surface area contributed by atoms with Crippen LogP contribution in [0.15, 0.2) is 359 Å². The number of fused-ring (bicyclic) bond motifs is 17. The lowest BCUT2D eigenvalue weighted by Crippen LogP contribution is -2.14. The van der Waals surface area contributed by atoms with Crippen LogP contribution in [0.5, 0.6) is 0 Å². The van der Waals surface area contributed by atoms with Crippen molar-refractivity contribution in [1.29, 1.82) is 0 Å². The molecule has 0 fully saturated rings. The molecule has 1 aliphatic carbocycles. The zero-order valence-corrected chi connectivity index (χ0v) is 50.9. The molecule has 0 N–H and O–H groups in total. The van der Waals surface area contributed by atoms with Crippen LogP contribution in [0.3, 0.4) is 0 Å². The largest absolute Gasteiger partial charge is 0.456 e. The molecule has 0 bridgehead atoms. The molecule has 472 valence electrons. The van der Waals surface area contributed by atoms with Crippen LogP contribution in [0.2, 0.25) is 0 Å². The minimum absolute atomic E-state index is 0.367. The van der Waals surface area contributed by atoms with Gasteiger partial charge < -0.3 is 8.83 Å². The third kappa shape index (κ3) is 9.40. The highest BCUT2D eigenvalue weighted by Crippen LogP contribution is 2.52. The molecule has 2 heterocycles. The van der Waals surface area contributed by atoms with Crippen LogP contribution in [0, 0.1) is 0 Å². The summed E-state index contributed by atoms with van der Waals surface area (Å²) < 4.78 is 553. The van der Waals surface area contributed by atoms with Crippen molar-refractivity contribution in [2.75, 3.05) is 0 Å². The molecule has 18 aromatic carbocycles. The van der Waals surface area contributed by atoms with Gasteiger partial charge in [0, 0.05) is 31.1 Å². The molecule has 0 radical (unpaired) electrons. The fourth-order valence-electron chi connectivity index (χ4n) is 12.6. The summed E-state index contributed by atoms with van der Waals surface area (Å²) in [6, 6.07) is -51.8. The predicted octanol–water partition coefficient (Wildman–Crippen LogP) is 28.1. The lowest BCUT2D eigenvalue weighted by atomic mass is 9.80. The summed E-state index contributed by atoms with van der Waals surface area (Å²) >= 11 is 0. The minimum Gasteiger partial charge on any atom is -0.456 e. The Labute approximate surface area is 669 Å². The Morgan fingerprint density at radius 2 is 0.574 bits per heavy atom. The normalized spacial score (nSPS) is 22.0. The molecule has 0 amide bonds. The van der Waals surface area contributed by atoms with Gasteiger partial charge in [-0.15, -0.1) is 0 Å². The van der Waals surface area contributed by atoms with Crippen molar-refractivity contribution in [3.05, 3.63) is 362 Å². The summed E-state index contributed by atoms with van der Waals surface area (Å²) in [4.78, 5) is 0. The fraction of sp³-hybridized carbons (Fsp3) is 0.0303. The van der Waals surface area contributed by atoms with Crippen LogP contribution in [-0.2, 0) is 5.41 Å². The molecule has 1 atom stereocenters. The van der Waals surface area contributed by atoms with Gasteiger partial charge in [0.05, 0.1) is 78.1 Å². The van der Waals surface area contributed by atoms with E-state index in [0.717, 1.165) is 13.0 Å². The number of hydrogen-bond donors (Lipinski definition) is 0. The molecule has 0 saturated carbocycles. The molecular formula is C99H64O2. The molecule has 0 saturated heterocycles. The van der Waals surface area contributed by atoms with Gasteiger partial charge in [-0.3, -0.25) is 0 Å². The lowest BCUT2D eigenvalue weighted by Gasteiger charge is -2.23. The van der Waals surface area contributed by atoms with Crippen LogP contribution in [0.25, 0.3) is 198 Å². The number of furan rings is 2. The maximum Gasteiger partial charge on any atom is 0.136 e. The van der Waals surface area contributed by atoms with Crippen molar-refractivity contribution in [1.82, 2.24) is 0 Å². The first-order valence-electron chi connectivity index (χ1n) is 60.1. The molecule has 21 rings (SSSR count). The van der Waals surface area contributed by atoms with Gasteiger partial charge in [0.25, 0.3) is 0 Å². The van der Waals surface area contributed by atoms with E-state index < -0.39 is 555 Å². The van der Waals surface area contributed by atoms with E-state index in [1.54, 1.807) is 0 Å².